The van der Waals surface area contributed by atoms with Crippen LogP contribution in [0.3, 0.4) is 0 Å². The van der Waals surface area contributed by atoms with Crippen molar-refractivity contribution in [2.45, 2.75) is 52.7 Å². The number of aromatic nitrogens is 2. The number of hydrogen-bond acceptors (Lipinski definition) is 3. The van der Waals surface area contributed by atoms with E-state index in [1.54, 1.807) is 0 Å². The minimum absolute atomic E-state index is 0.265. The first-order valence-corrected chi connectivity index (χ1v) is 10.5. The fourth-order valence-corrected chi connectivity index (χ4v) is 4.37. The Morgan fingerprint density at radius 3 is 2.57 bits per heavy atom. The van der Waals surface area contributed by atoms with Crippen LogP contribution in [-0.4, -0.2) is 38.8 Å². The second kappa shape index (κ2) is 8.06. The molecule has 1 aromatic heterocycles. The van der Waals surface area contributed by atoms with Crippen molar-refractivity contribution >= 4 is 11.0 Å². The molecule has 4 heteroatoms. The lowest BCUT2D eigenvalue weighted by Crippen LogP contribution is -2.31. The van der Waals surface area contributed by atoms with Gasteiger partial charge in [-0.1, -0.05) is 44.2 Å². The zero-order valence-electron chi connectivity index (χ0n) is 17.2. The van der Waals surface area contributed by atoms with Crippen LogP contribution in [0, 0.1) is 12.8 Å². The molecule has 1 saturated heterocycles. The monoisotopic (exact) mass is 377 g/mol. The molecule has 1 aliphatic rings. The van der Waals surface area contributed by atoms with Crippen molar-refractivity contribution in [2.24, 2.45) is 5.92 Å². The maximum absolute atomic E-state index is 9.52. The van der Waals surface area contributed by atoms with Crippen LogP contribution in [0.25, 0.3) is 22.2 Å². The summed E-state index contributed by atoms with van der Waals surface area (Å²) in [4.78, 5) is 7.12. The van der Waals surface area contributed by atoms with Crippen molar-refractivity contribution in [1.82, 2.24) is 14.5 Å². The van der Waals surface area contributed by atoms with Crippen LogP contribution in [-0.2, 0) is 13.1 Å². The van der Waals surface area contributed by atoms with Gasteiger partial charge in [0, 0.05) is 19.1 Å². The Hall–Kier alpha value is -2.17. The minimum atomic E-state index is 0.265. The van der Waals surface area contributed by atoms with Gasteiger partial charge in [0.25, 0.3) is 0 Å². The highest BCUT2D eigenvalue weighted by atomic mass is 16.3. The Balaban J connectivity index is 1.57. The molecule has 28 heavy (non-hydrogen) atoms. The van der Waals surface area contributed by atoms with Crippen molar-refractivity contribution in [1.29, 1.82) is 0 Å². The molecule has 148 valence electrons. The third-order valence-electron chi connectivity index (χ3n) is 5.87. The first kappa shape index (κ1) is 19.2. The van der Waals surface area contributed by atoms with Crippen molar-refractivity contribution in [3.63, 3.8) is 0 Å². The smallest absolute Gasteiger partial charge is 0.106 e. The van der Waals surface area contributed by atoms with E-state index in [1.807, 2.05) is 0 Å². The summed E-state index contributed by atoms with van der Waals surface area (Å²) in [7, 11) is 0. The number of aliphatic hydroxyl groups is 1. The molecule has 2 heterocycles. The molecule has 0 radical (unpaired) electrons. The molecule has 0 saturated carbocycles. The van der Waals surface area contributed by atoms with Crippen molar-refractivity contribution in [2.75, 3.05) is 13.2 Å². The standard InChI is InChI=1S/C24H31N3O/c1-17(2)14-27-18(3)25-23-11-10-21(13-24(23)27)20-8-6-19(7-9-20)15-26-12-4-5-22(26)16-28/h6-11,13,17,22,28H,4-5,12,14-16H2,1-3H3/t22-/m1/s1. The summed E-state index contributed by atoms with van der Waals surface area (Å²) in [6, 6.07) is 15.8. The van der Waals surface area contributed by atoms with E-state index in [2.05, 4.69) is 72.7 Å². The van der Waals surface area contributed by atoms with Crippen molar-refractivity contribution in [3.05, 3.63) is 53.9 Å². The summed E-state index contributed by atoms with van der Waals surface area (Å²) in [6.45, 7) is 9.85. The average molecular weight is 378 g/mol. The largest absolute Gasteiger partial charge is 0.395 e. The molecule has 0 amide bonds. The molecule has 0 bridgehead atoms. The molecule has 3 aromatic rings. The number of aliphatic hydroxyl groups excluding tert-OH is 1. The topological polar surface area (TPSA) is 41.3 Å². The third-order valence-corrected chi connectivity index (χ3v) is 5.87. The SMILES string of the molecule is Cc1nc2ccc(-c3ccc(CN4CCC[C@@H]4CO)cc3)cc2n1CC(C)C. The molecule has 0 spiro atoms. The van der Waals surface area contributed by atoms with E-state index in [-0.39, 0.29) is 6.61 Å². The molecule has 0 unspecified atom stereocenters. The number of rotatable bonds is 6. The summed E-state index contributed by atoms with van der Waals surface area (Å²) in [5.41, 5.74) is 6.07. The summed E-state index contributed by atoms with van der Waals surface area (Å²) >= 11 is 0. The van der Waals surface area contributed by atoms with Crippen LogP contribution in [0.2, 0.25) is 0 Å². The Morgan fingerprint density at radius 2 is 1.86 bits per heavy atom. The predicted octanol–water partition coefficient (Wildman–Crippen LogP) is 4.62. The maximum atomic E-state index is 9.52. The highest BCUT2D eigenvalue weighted by molar-refractivity contribution is 5.82. The lowest BCUT2D eigenvalue weighted by molar-refractivity contribution is 0.153. The highest BCUT2D eigenvalue weighted by Crippen LogP contribution is 2.27. The van der Waals surface area contributed by atoms with Crippen LogP contribution in [0.15, 0.2) is 42.5 Å². The number of nitrogens with zero attached hydrogens (tertiary/aromatic N) is 3. The van der Waals surface area contributed by atoms with E-state index in [1.165, 1.54) is 28.6 Å². The van der Waals surface area contributed by atoms with Gasteiger partial charge in [-0.3, -0.25) is 4.90 Å². The van der Waals surface area contributed by atoms with Gasteiger partial charge in [0.05, 0.1) is 17.6 Å². The van der Waals surface area contributed by atoms with Crippen molar-refractivity contribution < 1.29 is 5.11 Å². The zero-order chi connectivity index (χ0) is 19.7. The zero-order valence-corrected chi connectivity index (χ0v) is 17.2. The molecular formula is C24H31N3O. The first-order chi connectivity index (χ1) is 13.5. The molecule has 4 nitrogen and oxygen atoms in total. The van der Waals surface area contributed by atoms with Gasteiger partial charge >= 0.3 is 0 Å². The van der Waals surface area contributed by atoms with E-state index in [0.29, 0.717) is 12.0 Å². The molecule has 2 aromatic carbocycles. The molecular weight excluding hydrogens is 346 g/mol. The lowest BCUT2D eigenvalue weighted by Gasteiger charge is -2.22. The van der Waals surface area contributed by atoms with Gasteiger partial charge in [-0.25, -0.2) is 4.98 Å². The van der Waals surface area contributed by atoms with Crippen LogP contribution in [0.1, 0.15) is 38.1 Å². The highest BCUT2D eigenvalue weighted by Gasteiger charge is 2.23. The van der Waals surface area contributed by atoms with Crippen LogP contribution >= 0.6 is 0 Å². The first-order valence-electron chi connectivity index (χ1n) is 10.5. The minimum Gasteiger partial charge on any atom is -0.395 e. The quantitative estimate of drug-likeness (QED) is 0.681. The van der Waals surface area contributed by atoms with E-state index in [4.69, 9.17) is 4.98 Å². The van der Waals surface area contributed by atoms with Gasteiger partial charge in [0.15, 0.2) is 0 Å². The molecule has 1 aliphatic heterocycles. The fourth-order valence-electron chi connectivity index (χ4n) is 4.37. The Morgan fingerprint density at radius 1 is 1.11 bits per heavy atom. The average Bonchev–Trinajstić information content (AvgIpc) is 3.26. The summed E-state index contributed by atoms with van der Waals surface area (Å²) in [5, 5.41) is 9.52. The van der Waals surface area contributed by atoms with E-state index in [9.17, 15) is 5.11 Å². The number of aryl methyl sites for hydroxylation is 1. The van der Waals surface area contributed by atoms with Crippen LogP contribution in [0.4, 0.5) is 0 Å². The van der Waals surface area contributed by atoms with Crippen molar-refractivity contribution in [3.8, 4) is 11.1 Å². The normalized spacial score (nSPS) is 17.8. The lowest BCUT2D eigenvalue weighted by atomic mass is 10.0. The van der Waals surface area contributed by atoms with Gasteiger partial charge in [0.2, 0.25) is 0 Å². The predicted molar refractivity (Wildman–Crippen MR) is 115 cm³/mol. The van der Waals surface area contributed by atoms with Gasteiger partial charge in [-0.15, -0.1) is 0 Å². The van der Waals surface area contributed by atoms with E-state index in [0.717, 1.165) is 37.4 Å². The second-order valence-electron chi connectivity index (χ2n) is 8.51. The fraction of sp³-hybridized carbons (Fsp3) is 0.458. The number of hydrogen-bond donors (Lipinski definition) is 1. The van der Waals surface area contributed by atoms with E-state index < -0.39 is 0 Å². The number of likely N-dealkylation sites (tertiary alicyclic amines) is 1. The second-order valence-corrected chi connectivity index (χ2v) is 8.51. The van der Waals surface area contributed by atoms with Crippen LogP contribution < -0.4 is 0 Å². The third kappa shape index (κ3) is 3.85. The molecule has 4 rings (SSSR count). The van der Waals surface area contributed by atoms with Gasteiger partial charge in [-0.2, -0.15) is 0 Å². The number of benzene rings is 2. The number of fused-ring (bicyclic) bond motifs is 1. The Kier molecular flexibility index (Phi) is 5.51. The molecule has 0 aliphatic carbocycles. The van der Waals surface area contributed by atoms with E-state index >= 15 is 0 Å². The molecule has 1 atom stereocenters. The Labute approximate surface area is 167 Å². The summed E-state index contributed by atoms with van der Waals surface area (Å²) in [6.07, 6.45) is 2.30. The molecule has 1 fully saturated rings. The van der Waals surface area contributed by atoms with Gasteiger partial charge in [-0.05, 0) is 61.1 Å². The van der Waals surface area contributed by atoms with Gasteiger partial charge in [0.1, 0.15) is 5.82 Å². The van der Waals surface area contributed by atoms with Gasteiger partial charge < -0.3 is 9.67 Å². The van der Waals surface area contributed by atoms with Crippen LogP contribution in [0.5, 0.6) is 0 Å². The molecule has 1 N–H and O–H groups in total. The summed E-state index contributed by atoms with van der Waals surface area (Å²) < 4.78 is 2.33. The summed E-state index contributed by atoms with van der Waals surface area (Å²) in [5.74, 6) is 1.67. The Bertz CT molecular complexity index is 942. The maximum Gasteiger partial charge on any atom is 0.106 e. The number of imidazole rings is 1.